The lowest BCUT2D eigenvalue weighted by Gasteiger charge is -2.18. The fourth-order valence-corrected chi connectivity index (χ4v) is 3.71. The van der Waals surface area contributed by atoms with Gasteiger partial charge < -0.3 is 5.32 Å². The molecule has 2 aromatic heterocycles. The SMILES string of the molecule is CC(CCl)C(C)NC(=O)c1cc2sccc2s1. The summed E-state index contributed by atoms with van der Waals surface area (Å²) >= 11 is 8.98. The molecule has 0 aliphatic heterocycles. The second kappa shape index (κ2) is 5.38. The summed E-state index contributed by atoms with van der Waals surface area (Å²) in [6, 6.07) is 4.10. The van der Waals surface area contributed by atoms with Crippen molar-refractivity contribution in [1.29, 1.82) is 0 Å². The maximum Gasteiger partial charge on any atom is 0.261 e. The van der Waals surface area contributed by atoms with Gasteiger partial charge in [0.1, 0.15) is 0 Å². The molecule has 0 aliphatic rings. The average molecular weight is 288 g/mol. The van der Waals surface area contributed by atoms with Gasteiger partial charge in [0.05, 0.1) is 4.88 Å². The van der Waals surface area contributed by atoms with Crippen molar-refractivity contribution >= 4 is 49.6 Å². The summed E-state index contributed by atoms with van der Waals surface area (Å²) < 4.78 is 2.36. The first kappa shape index (κ1) is 12.9. The molecule has 2 unspecified atom stereocenters. The Morgan fingerprint density at radius 2 is 2.24 bits per heavy atom. The van der Waals surface area contributed by atoms with E-state index in [0.717, 1.165) is 4.88 Å². The Labute approximate surface area is 114 Å². The highest BCUT2D eigenvalue weighted by Crippen LogP contribution is 2.29. The average Bonchev–Trinajstić information content (AvgIpc) is 2.87. The Hall–Kier alpha value is -0.580. The van der Waals surface area contributed by atoms with E-state index in [-0.39, 0.29) is 17.9 Å². The highest BCUT2D eigenvalue weighted by molar-refractivity contribution is 7.27. The number of carbonyl (C=O) groups excluding carboxylic acids is 1. The zero-order chi connectivity index (χ0) is 12.4. The van der Waals surface area contributed by atoms with Gasteiger partial charge in [-0.05, 0) is 30.4 Å². The highest BCUT2D eigenvalue weighted by atomic mass is 35.5. The molecule has 0 saturated carbocycles. The van der Waals surface area contributed by atoms with E-state index >= 15 is 0 Å². The lowest BCUT2D eigenvalue weighted by Crippen LogP contribution is -2.37. The maximum atomic E-state index is 12.0. The molecule has 2 heterocycles. The van der Waals surface area contributed by atoms with Gasteiger partial charge in [-0.2, -0.15) is 0 Å². The first-order valence-corrected chi connectivity index (χ1v) is 7.68. The van der Waals surface area contributed by atoms with Crippen molar-refractivity contribution in [3.05, 3.63) is 22.4 Å². The lowest BCUT2D eigenvalue weighted by atomic mass is 10.1. The van der Waals surface area contributed by atoms with Crippen molar-refractivity contribution < 1.29 is 4.79 Å². The molecule has 0 saturated heterocycles. The van der Waals surface area contributed by atoms with E-state index < -0.39 is 0 Å². The van der Waals surface area contributed by atoms with Gasteiger partial charge >= 0.3 is 0 Å². The van der Waals surface area contributed by atoms with Gasteiger partial charge in [0.2, 0.25) is 0 Å². The largest absolute Gasteiger partial charge is 0.349 e. The Kier molecular flexibility index (Phi) is 4.07. The van der Waals surface area contributed by atoms with Crippen LogP contribution in [0.1, 0.15) is 23.5 Å². The molecule has 17 heavy (non-hydrogen) atoms. The van der Waals surface area contributed by atoms with E-state index in [2.05, 4.69) is 5.32 Å². The van der Waals surface area contributed by atoms with Crippen LogP contribution in [0.3, 0.4) is 0 Å². The normalized spacial score (nSPS) is 14.8. The van der Waals surface area contributed by atoms with Crippen molar-refractivity contribution in [3.63, 3.8) is 0 Å². The summed E-state index contributed by atoms with van der Waals surface area (Å²) in [6.45, 7) is 4.02. The quantitative estimate of drug-likeness (QED) is 0.848. The van der Waals surface area contributed by atoms with Crippen LogP contribution in [0.15, 0.2) is 17.5 Å². The topological polar surface area (TPSA) is 29.1 Å². The molecule has 2 aromatic rings. The van der Waals surface area contributed by atoms with Crippen LogP contribution < -0.4 is 5.32 Å². The zero-order valence-corrected chi connectivity index (χ0v) is 12.1. The van der Waals surface area contributed by atoms with E-state index in [9.17, 15) is 4.79 Å². The third-order valence-corrected chi connectivity index (χ3v) is 5.40. The summed E-state index contributed by atoms with van der Waals surface area (Å²) in [6.07, 6.45) is 0. The van der Waals surface area contributed by atoms with E-state index in [1.165, 1.54) is 20.7 Å². The summed E-state index contributed by atoms with van der Waals surface area (Å²) in [5.74, 6) is 0.839. The summed E-state index contributed by atoms with van der Waals surface area (Å²) in [5, 5.41) is 5.03. The van der Waals surface area contributed by atoms with Crippen LogP contribution >= 0.6 is 34.3 Å². The van der Waals surface area contributed by atoms with Gasteiger partial charge in [-0.1, -0.05) is 6.92 Å². The smallest absolute Gasteiger partial charge is 0.261 e. The molecular weight excluding hydrogens is 274 g/mol. The van der Waals surface area contributed by atoms with Crippen molar-refractivity contribution in [3.8, 4) is 0 Å². The number of thiophene rings is 2. The second-order valence-electron chi connectivity index (χ2n) is 4.15. The molecule has 2 nitrogen and oxygen atoms in total. The van der Waals surface area contributed by atoms with E-state index in [1.54, 1.807) is 11.3 Å². The first-order valence-electron chi connectivity index (χ1n) is 5.45. The van der Waals surface area contributed by atoms with E-state index in [4.69, 9.17) is 11.6 Å². The van der Waals surface area contributed by atoms with E-state index in [0.29, 0.717) is 5.88 Å². The minimum atomic E-state index is 0.00265. The van der Waals surface area contributed by atoms with Crippen molar-refractivity contribution in [2.45, 2.75) is 19.9 Å². The van der Waals surface area contributed by atoms with Crippen LogP contribution in [0.2, 0.25) is 0 Å². The Morgan fingerprint density at radius 1 is 1.47 bits per heavy atom. The summed E-state index contributed by atoms with van der Waals surface area (Å²) in [4.78, 5) is 12.8. The molecule has 0 radical (unpaired) electrons. The molecule has 92 valence electrons. The maximum absolute atomic E-state index is 12.0. The summed E-state index contributed by atoms with van der Waals surface area (Å²) in [7, 11) is 0. The Balaban J connectivity index is 2.07. The number of hydrogen-bond donors (Lipinski definition) is 1. The van der Waals surface area contributed by atoms with Crippen LogP contribution in [0.25, 0.3) is 9.40 Å². The van der Waals surface area contributed by atoms with Gasteiger partial charge in [0, 0.05) is 21.3 Å². The minimum absolute atomic E-state index is 0.00265. The highest BCUT2D eigenvalue weighted by Gasteiger charge is 2.16. The number of rotatable bonds is 4. The molecule has 0 bridgehead atoms. The molecule has 0 fully saturated rings. The lowest BCUT2D eigenvalue weighted by molar-refractivity contribution is 0.0935. The van der Waals surface area contributed by atoms with Gasteiger partial charge in [-0.25, -0.2) is 0 Å². The van der Waals surface area contributed by atoms with Crippen LogP contribution in [-0.2, 0) is 0 Å². The zero-order valence-electron chi connectivity index (χ0n) is 9.70. The number of alkyl halides is 1. The Morgan fingerprint density at radius 3 is 2.88 bits per heavy atom. The summed E-state index contributed by atoms with van der Waals surface area (Å²) in [5.41, 5.74) is 0. The standard InChI is InChI=1S/C12H14ClNOS2/c1-7(6-13)8(2)14-12(15)11-5-10-9(17-11)3-4-16-10/h3-5,7-8H,6H2,1-2H3,(H,14,15). The van der Waals surface area contributed by atoms with Crippen LogP contribution in [0, 0.1) is 5.92 Å². The number of amides is 1. The molecule has 0 aliphatic carbocycles. The number of nitrogens with one attached hydrogen (secondary N) is 1. The number of halogens is 1. The van der Waals surface area contributed by atoms with Gasteiger partial charge in [-0.3, -0.25) is 4.79 Å². The molecule has 0 aromatic carbocycles. The van der Waals surface area contributed by atoms with Crippen molar-refractivity contribution in [2.24, 2.45) is 5.92 Å². The number of fused-ring (bicyclic) bond motifs is 1. The fraction of sp³-hybridized carbons (Fsp3) is 0.417. The molecule has 1 N–H and O–H groups in total. The predicted octanol–water partition coefficient (Wildman–Crippen LogP) is 3.96. The van der Waals surface area contributed by atoms with Crippen LogP contribution in [0.5, 0.6) is 0 Å². The van der Waals surface area contributed by atoms with Crippen LogP contribution in [-0.4, -0.2) is 17.8 Å². The van der Waals surface area contributed by atoms with E-state index in [1.807, 2.05) is 31.4 Å². The van der Waals surface area contributed by atoms with Gasteiger partial charge in [0.15, 0.2) is 0 Å². The van der Waals surface area contributed by atoms with Crippen molar-refractivity contribution in [2.75, 3.05) is 5.88 Å². The van der Waals surface area contributed by atoms with Crippen LogP contribution in [0.4, 0.5) is 0 Å². The van der Waals surface area contributed by atoms with Crippen molar-refractivity contribution in [1.82, 2.24) is 5.32 Å². The second-order valence-corrected chi connectivity index (χ2v) is 6.49. The fourth-order valence-electron chi connectivity index (χ4n) is 1.43. The van der Waals surface area contributed by atoms with Gasteiger partial charge in [0.25, 0.3) is 5.91 Å². The predicted molar refractivity (Wildman–Crippen MR) is 76.5 cm³/mol. The monoisotopic (exact) mass is 287 g/mol. The molecule has 1 amide bonds. The first-order chi connectivity index (χ1) is 8.11. The number of carbonyl (C=O) groups is 1. The molecule has 2 rings (SSSR count). The third kappa shape index (κ3) is 2.81. The molecule has 0 spiro atoms. The molecule has 5 heteroatoms. The molecule has 2 atom stereocenters. The third-order valence-electron chi connectivity index (χ3n) is 2.82. The van der Waals surface area contributed by atoms with Gasteiger partial charge in [-0.15, -0.1) is 34.3 Å². The number of hydrogen-bond acceptors (Lipinski definition) is 3. The minimum Gasteiger partial charge on any atom is -0.349 e. The molecular formula is C12H14ClNOS2. The Bertz CT molecular complexity index is 491.